The lowest BCUT2D eigenvalue weighted by molar-refractivity contribution is -0.0435. The SMILES string of the molecule is C1CNCC(NOC2CCCC2)C1. The van der Waals surface area contributed by atoms with Crippen molar-refractivity contribution in [1.82, 2.24) is 10.8 Å². The molecular formula is C10H20N2O. The van der Waals surface area contributed by atoms with Crippen LogP contribution in [0.25, 0.3) is 0 Å². The Morgan fingerprint density at radius 3 is 2.62 bits per heavy atom. The van der Waals surface area contributed by atoms with Crippen molar-refractivity contribution in [3.05, 3.63) is 0 Å². The van der Waals surface area contributed by atoms with E-state index in [1.807, 2.05) is 0 Å². The van der Waals surface area contributed by atoms with Crippen molar-refractivity contribution < 1.29 is 4.84 Å². The Morgan fingerprint density at radius 1 is 1.08 bits per heavy atom. The summed E-state index contributed by atoms with van der Waals surface area (Å²) >= 11 is 0. The molecule has 2 fully saturated rings. The molecule has 0 aromatic heterocycles. The van der Waals surface area contributed by atoms with Crippen LogP contribution in [-0.4, -0.2) is 25.2 Å². The molecule has 1 aliphatic heterocycles. The van der Waals surface area contributed by atoms with Gasteiger partial charge >= 0.3 is 0 Å². The van der Waals surface area contributed by atoms with E-state index in [1.165, 1.54) is 45.1 Å². The van der Waals surface area contributed by atoms with E-state index in [2.05, 4.69) is 10.8 Å². The summed E-state index contributed by atoms with van der Waals surface area (Å²) in [7, 11) is 0. The standard InChI is InChI=1S/C10H20N2O/c1-2-6-10(5-1)13-12-9-4-3-7-11-8-9/h9-12H,1-8H2. The van der Waals surface area contributed by atoms with Crippen LogP contribution in [0, 0.1) is 0 Å². The normalized spacial score (nSPS) is 30.9. The molecular weight excluding hydrogens is 164 g/mol. The molecule has 0 radical (unpaired) electrons. The van der Waals surface area contributed by atoms with Crippen molar-refractivity contribution in [2.24, 2.45) is 0 Å². The largest absolute Gasteiger partial charge is 0.315 e. The van der Waals surface area contributed by atoms with E-state index in [9.17, 15) is 0 Å². The third-order valence-corrected chi connectivity index (χ3v) is 3.00. The Bertz CT molecular complexity index is 140. The fourth-order valence-corrected chi connectivity index (χ4v) is 2.15. The van der Waals surface area contributed by atoms with E-state index < -0.39 is 0 Å². The second kappa shape index (κ2) is 4.94. The Labute approximate surface area is 80.2 Å². The molecule has 2 aliphatic rings. The zero-order valence-electron chi connectivity index (χ0n) is 8.22. The Morgan fingerprint density at radius 2 is 1.92 bits per heavy atom. The van der Waals surface area contributed by atoms with E-state index in [0.717, 1.165) is 6.54 Å². The van der Waals surface area contributed by atoms with Gasteiger partial charge in [-0.05, 0) is 32.2 Å². The topological polar surface area (TPSA) is 33.3 Å². The molecule has 0 bridgehead atoms. The monoisotopic (exact) mass is 184 g/mol. The van der Waals surface area contributed by atoms with Crippen molar-refractivity contribution in [2.45, 2.75) is 50.7 Å². The van der Waals surface area contributed by atoms with Gasteiger partial charge in [0.05, 0.1) is 6.10 Å². The summed E-state index contributed by atoms with van der Waals surface area (Å²) in [6, 6.07) is 0.536. The van der Waals surface area contributed by atoms with Crippen LogP contribution in [0.5, 0.6) is 0 Å². The quantitative estimate of drug-likeness (QED) is 0.647. The molecule has 76 valence electrons. The van der Waals surface area contributed by atoms with Crippen molar-refractivity contribution in [1.29, 1.82) is 0 Å². The van der Waals surface area contributed by atoms with Crippen LogP contribution in [0.3, 0.4) is 0 Å². The van der Waals surface area contributed by atoms with Crippen molar-refractivity contribution in [3.63, 3.8) is 0 Å². The molecule has 3 nitrogen and oxygen atoms in total. The number of piperidine rings is 1. The van der Waals surface area contributed by atoms with E-state index >= 15 is 0 Å². The average molecular weight is 184 g/mol. The minimum Gasteiger partial charge on any atom is -0.315 e. The molecule has 2 N–H and O–H groups in total. The first-order valence-electron chi connectivity index (χ1n) is 5.57. The van der Waals surface area contributed by atoms with Gasteiger partial charge in [-0.2, -0.15) is 5.48 Å². The van der Waals surface area contributed by atoms with Gasteiger partial charge in [0.15, 0.2) is 0 Å². The highest BCUT2D eigenvalue weighted by atomic mass is 16.7. The maximum absolute atomic E-state index is 5.65. The second-order valence-corrected chi connectivity index (χ2v) is 4.19. The maximum Gasteiger partial charge on any atom is 0.0790 e. The molecule has 1 saturated heterocycles. The van der Waals surface area contributed by atoms with Gasteiger partial charge in [-0.3, -0.25) is 4.84 Å². The molecule has 13 heavy (non-hydrogen) atoms. The van der Waals surface area contributed by atoms with E-state index in [1.54, 1.807) is 0 Å². The molecule has 2 rings (SSSR count). The van der Waals surface area contributed by atoms with Crippen LogP contribution in [0.15, 0.2) is 0 Å². The first kappa shape index (κ1) is 9.44. The highest BCUT2D eigenvalue weighted by Crippen LogP contribution is 2.20. The van der Waals surface area contributed by atoms with E-state index in [-0.39, 0.29) is 0 Å². The summed E-state index contributed by atoms with van der Waals surface area (Å²) in [4.78, 5) is 5.65. The number of hydroxylamine groups is 1. The van der Waals surface area contributed by atoms with Gasteiger partial charge in [0.25, 0.3) is 0 Å². The first-order valence-corrected chi connectivity index (χ1v) is 5.57. The van der Waals surface area contributed by atoms with Crippen LogP contribution in [0.1, 0.15) is 38.5 Å². The summed E-state index contributed by atoms with van der Waals surface area (Å²) in [6.45, 7) is 2.23. The molecule has 1 atom stereocenters. The molecule has 0 aromatic rings. The molecule has 3 heteroatoms. The lowest BCUT2D eigenvalue weighted by Crippen LogP contribution is -2.44. The third-order valence-electron chi connectivity index (χ3n) is 3.00. The van der Waals surface area contributed by atoms with Gasteiger partial charge in [0, 0.05) is 12.6 Å². The van der Waals surface area contributed by atoms with Gasteiger partial charge in [-0.1, -0.05) is 12.8 Å². The van der Waals surface area contributed by atoms with Crippen LogP contribution >= 0.6 is 0 Å². The van der Waals surface area contributed by atoms with Gasteiger partial charge in [0.1, 0.15) is 0 Å². The van der Waals surface area contributed by atoms with Crippen LogP contribution in [0.4, 0.5) is 0 Å². The summed E-state index contributed by atoms with van der Waals surface area (Å²) in [6.07, 6.45) is 8.18. The van der Waals surface area contributed by atoms with Gasteiger partial charge < -0.3 is 5.32 Å². The minimum absolute atomic E-state index is 0.488. The Kier molecular flexibility index (Phi) is 3.58. The minimum atomic E-state index is 0.488. The van der Waals surface area contributed by atoms with Gasteiger partial charge in [-0.25, -0.2) is 0 Å². The zero-order chi connectivity index (χ0) is 8.93. The van der Waals surface area contributed by atoms with Gasteiger partial charge in [0.2, 0.25) is 0 Å². The van der Waals surface area contributed by atoms with E-state index in [4.69, 9.17) is 4.84 Å². The molecule has 1 saturated carbocycles. The fourth-order valence-electron chi connectivity index (χ4n) is 2.15. The summed E-state index contributed by atoms with van der Waals surface area (Å²) in [5, 5.41) is 3.37. The predicted molar refractivity (Wildman–Crippen MR) is 52.4 cm³/mol. The molecule has 0 spiro atoms. The number of rotatable bonds is 3. The number of hydrogen-bond donors (Lipinski definition) is 2. The van der Waals surface area contributed by atoms with Crippen molar-refractivity contribution in [3.8, 4) is 0 Å². The molecule has 0 aromatic carbocycles. The third kappa shape index (κ3) is 2.93. The van der Waals surface area contributed by atoms with Crippen molar-refractivity contribution >= 4 is 0 Å². The number of nitrogens with one attached hydrogen (secondary N) is 2. The number of hydrogen-bond acceptors (Lipinski definition) is 3. The van der Waals surface area contributed by atoms with Gasteiger partial charge in [-0.15, -0.1) is 0 Å². The fraction of sp³-hybridized carbons (Fsp3) is 1.00. The zero-order valence-corrected chi connectivity index (χ0v) is 8.22. The molecule has 1 unspecified atom stereocenters. The molecule has 0 amide bonds. The van der Waals surface area contributed by atoms with Crippen LogP contribution in [0.2, 0.25) is 0 Å². The van der Waals surface area contributed by atoms with Crippen LogP contribution < -0.4 is 10.8 Å². The Hall–Kier alpha value is -0.120. The van der Waals surface area contributed by atoms with Crippen molar-refractivity contribution in [2.75, 3.05) is 13.1 Å². The summed E-state index contributed by atoms with van der Waals surface area (Å²) in [5.41, 5.74) is 3.20. The lowest BCUT2D eigenvalue weighted by Gasteiger charge is -2.24. The molecule has 1 aliphatic carbocycles. The first-order chi connectivity index (χ1) is 6.45. The predicted octanol–water partition coefficient (Wildman–Crippen LogP) is 1.20. The Balaban J connectivity index is 1.60. The molecule has 1 heterocycles. The maximum atomic E-state index is 5.65. The van der Waals surface area contributed by atoms with Crippen LogP contribution in [-0.2, 0) is 4.84 Å². The smallest absolute Gasteiger partial charge is 0.0790 e. The van der Waals surface area contributed by atoms with E-state index in [0.29, 0.717) is 12.1 Å². The average Bonchev–Trinajstić information content (AvgIpc) is 2.69. The summed E-state index contributed by atoms with van der Waals surface area (Å²) < 4.78 is 0. The second-order valence-electron chi connectivity index (χ2n) is 4.19. The summed E-state index contributed by atoms with van der Waals surface area (Å²) in [5.74, 6) is 0. The highest BCUT2D eigenvalue weighted by molar-refractivity contribution is 4.73. The lowest BCUT2D eigenvalue weighted by atomic mass is 10.1. The highest BCUT2D eigenvalue weighted by Gasteiger charge is 2.18.